The van der Waals surface area contributed by atoms with Gasteiger partial charge in [0.25, 0.3) is 0 Å². The lowest BCUT2D eigenvalue weighted by Gasteiger charge is -2.14. The fraction of sp³-hybridized carbons (Fsp3) is 0.333. The van der Waals surface area contributed by atoms with Crippen molar-refractivity contribution in [2.45, 2.75) is 30.5 Å². The van der Waals surface area contributed by atoms with Crippen molar-refractivity contribution in [3.63, 3.8) is 0 Å². The van der Waals surface area contributed by atoms with Crippen LogP contribution in [0.4, 0.5) is 4.39 Å². The molecule has 0 spiro atoms. The Morgan fingerprint density at radius 1 is 1.21 bits per heavy atom. The van der Waals surface area contributed by atoms with Crippen molar-refractivity contribution < 1.29 is 14.3 Å². The van der Waals surface area contributed by atoms with Crippen molar-refractivity contribution in [3.05, 3.63) is 69.7 Å². The summed E-state index contributed by atoms with van der Waals surface area (Å²) in [6.45, 7) is 0.958. The van der Waals surface area contributed by atoms with Crippen LogP contribution < -0.4 is 0 Å². The van der Waals surface area contributed by atoms with Gasteiger partial charge in [0.2, 0.25) is 0 Å². The van der Waals surface area contributed by atoms with Crippen LogP contribution in [0.25, 0.3) is 5.69 Å². The number of rotatable bonds is 9. The fourth-order valence-electron chi connectivity index (χ4n) is 3.86. The van der Waals surface area contributed by atoms with Gasteiger partial charge in [-0.2, -0.15) is 0 Å². The Labute approximate surface area is 210 Å². The topological polar surface area (TPSA) is 83.6 Å². The second-order valence-electron chi connectivity index (χ2n) is 8.25. The first kappa shape index (κ1) is 24.6. The molecule has 1 N–H and O–H groups in total. The van der Waals surface area contributed by atoms with Crippen molar-refractivity contribution in [1.29, 1.82) is 0 Å². The highest BCUT2D eigenvalue weighted by Gasteiger charge is 2.30. The van der Waals surface area contributed by atoms with Crippen LogP contribution in [0.15, 0.2) is 57.1 Å². The van der Waals surface area contributed by atoms with E-state index in [2.05, 4.69) is 31.0 Å². The lowest BCUT2D eigenvalue weighted by atomic mass is 10.00. The molecular weight excluding hydrogens is 521 g/mol. The Morgan fingerprint density at radius 2 is 2.00 bits per heavy atom. The number of aromatic nitrogens is 3. The number of benzene rings is 2. The Bertz CT molecular complexity index is 1230. The summed E-state index contributed by atoms with van der Waals surface area (Å²) < 4.78 is 17.7. The van der Waals surface area contributed by atoms with Gasteiger partial charge in [0.05, 0.1) is 11.4 Å². The molecule has 4 rings (SSSR count). The number of carboxylic acid groups (broad SMARTS) is 1. The zero-order valence-electron chi connectivity index (χ0n) is 18.9. The number of thioether (sulfide) groups is 1. The number of hydrogen-bond donors (Lipinski definition) is 1. The first-order valence-corrected chi connectivity index (χ1v) is 12.7. The number of aliphatic imine (C=N–C) groups is 1. The van der Waals surface area contributed by atoms with E-state index in [-0.39, 0.29) is 18.7 Å². The lowest BCUT2D eigenvalue weighted by molar-refractivity contribution is -0.137. The summed E-state index contributed by atoms with van der Waals surface area (Å²) >= 11 is 5.13. The van der Waals surface area contributed by atoms with Gasteiger partial charge in [-0.1, -0.05) is 39.8 Å². The van der Waals surface area contributed by atoms with E-state index >= 15 is 0 Å². The van der Waals surface area contributed by atoms with Gasteiger partial charge < -0.3 is 10.0 Å². The largest absolute Gasteiger partial charge is 0.481 e. The molecule has 7 nitrogen and oxygen atoms in total. The second-order valence-corrected chi connectivity index (χ2v) is 10.2. The number of nitrogens with zero attached hydrogens (tertiary/aromatic N) is 5. The molecule has 0 bridgehead atoms. The molecule has 1 aliphatic rings. The summed E-state index contributed by atoms with van der Waals surface area (Å²) in [6, 6.07) is 11.7. The molecule has 0 fully saturated rings. The normalized spacial score (nSPS) is 15.0. The smallest absolute Gasteiger partial charge is 0.303 e. The number of hydrogen-bond acceptors (Lipinski definition) is 6. The maximum absolute atomic E-state index is 14.9. The summed E-state index contributed by atoms with van der Waals surface area (Å²) in [5, 5.41) is 18.9. The third-order valence-electron chi connectivity index (χ3n) is 5.44. The monoisotopic (exact) mass is 545 g/mol. The first-order chi connectivity index (χ1) is 16.3. The minimum atomic E-state index is -0.920. The van der Waals surface area contributed by atoms with Crippen molar-refractivity contribution in [2.24, 2.45) is 4.99 Å². The summed E-state index contributed by atoms with van der Waals surface area (Å²) in [5.41, 5.74) is 2.35. The molecule has 3 aromatic rings. The summed E-state index contributed by atoms with van der Waals surface area (Å²) in [5.74, 6) is 0.103. The Morgan fingerprint density at radius 3 is 2.74 bits per heavy atom. The average molecular weight is 546 g/mol. The predicted octanol–water partition coefficient (Wildman–Crippen LogP) is 4.97. The number of carboxylic acids is 1. The standard InChI is InChI=1S/C24H25BrFN5O2S/c1-30(2)12-5-13-34-24-29-28-23-19(9-11-21(32)33)27-22(16-6-3-4-7-18(16)26)17-14-15(25)8-10-20(17)31(23)24/h3-4,6-8,10,14,19H,5,9,11-13H2,1-2H3,(H,32,33)/t19-/m0/s1. The molecule has 0 saturated heterocycles. The van der Waals surface area contributed by atoms with Crippen molar-refractivity contribution in [2.75, 3.05) is 26.4 Å². The molecule has 2 heterocycles. The third kappa shape index (κ3) is 5.39. The van der Waals surface area contributed by atoms with Crippen molar-refractivity contribution >= 4 is 39.4 Å². The molecule has 34 heavy (non-hydrogen) atoms. The molecular formula is C24H25BrFN5O2S. The SMILES string of the molecule is CN(C)CCCSc1nnc2n1-c1ccc(Br)cc1C(c1ccccc1F)=N[C@H]2CCC(=O)O. The molecule has 1 aromatic heterocycles. The van der Waals surface area contributed by atoms with Gasteiger partial charge in [-0.25, -0.2) is 4.39 Å². The lowest BCUT2D eigenvalue weighted by Crippen LogP contribution is -2.13. The van der Waals surface area contributed by atoms with Crippen LogP contribution in [0.3, 0.4) is 0 Å². The van der Waals surface area contributed by atoms with E-state index in [1.165, 1.54) is 6.07 Å². The third-order valence-corrected chi connectivity index (χ3v) is 6.95. The van der Waals surface area contributed by atoms with Gasteiger partial charge in [0.1, 0.15) is 11.9 Å². The van der Waals surface area contributed by atoms with E-state index in [0.29, 0.717) is 22.3 Å². The maximum Gasteiger partial charge on any atom is 0.303 e. The Hall–Kier alpha value is -2.56. The first-order valence-electron chi connectivity index (χ1n) is 10.9. The molecule has 178 valence electrons. The molecule has 2 aromatic carbocycles. The number of aliphatic carboxylic acids is 1. The van der Waals surface area contributed by atoms with E-state index in [1.807, 2.05) is 36.9 Å². The van der Waals surface area contributed by atoms with Gasteiger partial charge in [-0.3, -0.25) is 14.4 Å². The average Bonchev–Trinajstić information content (AvgIpc) is 3.15. The Kier molecular flexibility index (Phi) is 7.80. The van der Waals surface area contributed by atoms with Crippen LogP contribution in [0.5, 0.6) is 0 Å². The second kappa shape index (κ2) is 10.8. The maximum atomic E-state index is 14.9. The van der Waals surface area contributed by atoms with Crippen LogP contribution in [0, 0.1) is 5.82 Å². The highest BCUT2D eigenvalue weighted by molar-refractivity contribution is 9.10. The summed E-state index contributed by atoms with van der Waals surface area (Å²) in [6.07, 6.45) is 1.12. The number of fused-ring (bicyclic) bond motifs is 3. The number of carbonyl (C=O) groups is 1. The molecule has 0 radical (unpaired) electrons. The quantitative estimate of drug-likeness (QED) is 0.302. The zero-order valence-corrected chi connectivity index (χ0v) is 21.3. The van der Waals surface area contributed by atoms with Gasteiger partial charge in [0.15, 0.2) is 11.0 Å². The highest BCUT2D eigenvalue weighted by Crippen LogP contribution is 2.36. The Balaban J connectivity index is 1.85. The zero-order chi connectivity index (χ0) is 24.2. The summed E-state index contributed by atoms with van der Waals surface area (Å²) in [4.78, 5) is 18.4. The highest BCUT2D eigenvalue weighted by atomic mass is 79.9. The van der Waals surface area contributed by atoms with Gasteiger partial charge >= 0.3 is 5.97 Å². The van der Waals surface area contributed by atoms with E-state index < -0.39 is 12.0 Å². The van der Waals surface area contributed by atoms with E-state index in [0.717, 1.165) is 34.4 Å². The molecule has 0 amide bonds. The van der Waals surface area contributed by atoms with Gasteiger partial charge in [-0.05, 0) is 63.8 Å². The van der Waals surface area contributed by atoms with E-state index in [1.54, 1.807) is 30.0 Å². The van der Waals surface area contributed by atoms with Gasteiger partial charge in [0, 0.05) is 27.8 Å². The van der Waals surface area contributed by atoms with E-state index in [9.17, 15) is 14.3 Å². The minimum Gasteiger partial charge on any atom is -0.481 e. The van der Waals surface area contributed by atoms with Crippen molar-refractivity contribution in [3.8, 4) is 5.69 Å². The molecule has 0 unspecified atom stereocenters. The van der Waals surface area contributed by atoms with Gasteiger partial charge in [-0.15, -0.1) is 10.2 Å². The van der Waals surface area contributed by atoms with Crippen LogP contribution in [0.2, 0.25) is 0 Å². The fourth-order valence-corrected chi connectivity index (χ4v) is 5.10. The van der Waals surface area contributed by atoms with Crippen LogP contribution in [0.1, 0.15) is 42.3 Å². The minimum absolute atomic E-state index is 0.0864. The molecule has 0 saturated carbocycles. The molecule has 1 aliphatic heterocycles. The van der Waals surface area contributed by atoms with Crippen molar-refractivity contribution in [1.82, 2.24) is 19.7 Å². The molecule has 1 atom stereocenters. The van der Waals surface area contributed by atoms with Crippen LogP contribution in [-0.4, -0.2) is 62.8 Å². The molecule has 0 aliphatic carbocycles. The van der Waals surface area contributed by atoms with E-state index in [4.69, 9.17) is 4.99 Å². The predicted molar refractivity (Wildman–Crippen MR) is 135 cm³/mol. The molecule has 10 heteroatoms. The van der Waals surface area contributed by atoms with Crippen LogP contribution >= 0.6 is 27.7 Å². The summed E-state index contributed by atoms with van der Waals surface area (Å²) in [7, 11) is 4.08. The van der Waals surface area contributed by atoms with Crippen LogP contribution in [-0.2, 0) is 4.79 Å². The number of halogens is 2.